The first-order valence-electron chi connectivity index (χ1n) is 4.64. The molecule has 2 rings (SSSR count). The van der Waals surface area contributed by atoms with E-state index in [1.165, 1.54) is 11.5 Å². The maximum atomic E-state index is 5.46. The van der Waals surface area contributed by atoms with Crippen molar-refractivity contribution in [3.8, 4) is 0 Å². The van der Waals surface area contributed by atoms with Gasteiger partial charge < -0.3 is 15.4 Å². The van der Waals surface area contributed by atoms with Gasteiger partial charge in [-0.2, -0.15) is 9.36 Å². The van der Waals surface area contributed by atoms with Crippen molar-refractivity contribution in [3.05, 3.63) is 0 Å². The molecule has 1 aliphatic heterocycles. The Balaban J connectivity index is 1.91. The second-order valence-electron chi connectivity index (χ2n) is 3.55. The molecule has 78 valence electrons. The number of anilines is 2. The van der Waals surface area contributed by atoms with Crippen LogP contribution in [0.15, 0.2) is 0 Å². The minimum Gasteiger partial charge on any atom is -0.381 e. The zero-order chi connectivity index (χ0) is 9.97. The largest absolute Gasteiger partial charge is 0.381 e. The molecule has 0 amide bonds. The normalized spacial score (nSPS) is 21.4. The fourth-order valence-corrected chi connectivity index (χ4v) is 2.14. The van der Waals surface area contributed by atoms with E-state index in [4.69, 9.17) is 10.5 Å². The van der Waals surface area contributed by atoms with Crippen molar-refractivity contribution >= 4 is 22.6 Å². The van der Waals surface area contributed by atoms with Gasteiger partial charge >= 0.3 is 0 Å². The maximum Gasteiger partial charge on any atom is 0.233 e. The van der Waals surface area contributed by atoms with Crippen LogP contribution in [0.25, 0.3) is 0 Å². The Kier molecular flexibility index (Phi) is 2.83. The quantitative estimate of drug-likeness (QED) is 0.798. The van der Waals surface area contributed by atoms with Crippen LogP contribution in [0.2, 0.25) is 0 Å². The van der Waals surface area contributed by atoms with Gasteiger partial charge in [-0.15, -0.1) is 0 Å². The van der Waals surface area contributed by atoms with E-state index in [1.54, 1.807) is 0 Å². The summed E-state index contributed by atoms with van der Waals surface area (Å²) in [6, 6.07) is 0. The van der Waals surface area contributed by atoms with E-state index in [0.717, 1.165) is 31.3 Å². The molecule has 1 aliphatic rings. The van der Waals surface area contributed by atoms with Crippen LogP contribution in [0.4, 0.5) is 11.1 Å². The number of nitrogens with two attached hydrogens (primary N) is 1. The zero-order valence-electron chi connectivity index (χ0n) is 8.14. The van der Waals surface area contributed by atoms with Crippen LogP contribution < -0.4 is 10.6 Å². The highest BCUT2D eigenvalue weighted by Gasteiger charge is 2.18. The minimum atomic E-state index is 0.361. The van der Waals surface area contributed by atoms with Crippen molar-refractivity contribution in [2.75, 3.05) is 37.4 Å². The van der Waals surface area contributed by atoms with Crippen LogP contribution >= 0.6 is 11.5 Å². The van der Waals surface area contributed by atoms with Gasteiger partial charge in [-0.25, -0.2) is 0 Å². The van der Waals surface area contributed by atoms with E-state index in [2.05, 4.69) is 14.3 Å². The molecule has 0 saturated carbocycles. The minimum absolute atomic E-state index is 0.361. The van der Waals surface area contributed by atoms with E-state index in [0.29, 0.717) is 11.9 Å². The lowest BCUT2D eigenvalue weighted by Crippen LogP contribution is -2.25. The average Bonchev–Trinajstić information content (AvgIpc) is 2.75. The summed E-state index contributed by atoms with van der Waals surface area (Å²) in [4.78, 5) is 6.21. The lowest BCUT2D eigenvalue weighted by molar-refractivity contribution is 0.186. The maximum absolute atomic E-state index is 5.46. The Morgan fingerprint density at radius 1 is 1.71 bits per heavy atom. The molecule has 1 aromatic heterocycles. The van der Waals surface area contributed by atoms with E-state index >= 15 is 0 Å². The van der Waals surface area contributed by atoms with Crippen molar-refractivity contribution in [1.82, 2.24) is 9.36 Å². The number of hydrogen-bond acceptors (Lipinski definition) is 6. The molecule has 0 aliphatic carbocycles. The third kappa shape index (κ3) is 2.13. The van der Waals surface area contributed by atoms with Crippen molar-refractivity contribution in [2.24, 2.45) is 5.92 Å². The van der Waals surface area contributed by atoms with E-state index in [9.17, 15) is 0 Å². The van der Waals surface area contributed by atoms with Crippen molar-refractivity contribution < 1.29 is 4.74 Å². The van der Waals surface area contributed by atoms with Crippen LogP contribution in [0.1, 0.15) is 6.42 Å². The first kappa shape index (κ1) is 9.67. The number of nitrogen functional groups attached to an aromatic ring is 1. The third-order valence-electron chi connectivity index (χ3n) is 2.31. The lowest BCUT2D eigenvalue weighted by atomic mass is 10.1. The predicted molar refractivity (Wildman–Crippen MR) is 56.5 cm³/mol. The number of hydrogen-bond donors (Lipinski definition) is 1. The molecule has 0 aromatic carbocycles. The van der Waals surface area contributed by atoms with Gasteiger partial charge in [0.15, 0.2) is 0 Å². The molecule has 0 radical (unpaired) electrons. The molecular weight excluding hydrogens is 200 g/mol. The highest BCUT2D eigenvalue weighted by molar-refractivity contribution is 7.09. The molecule has 1 fully saturated rings. The molecule has 2 heterocycles. The second-order valence-corrected chi connectivity index (χ2v) is 4.28. The summed E-state index contributed by atoms with van der Waals surface area (Å²) in [6.45, 7) is 2.71. The van der Waals surface area contributed by atoms with Crippen LogP contribution in [0.5, 0.6) is 0 Å². The zero-order valence-corrected chi connectivity index (χ0v) is 8.96. The molecule has 0 spiro atoms. The van der Waals surface area contributed by atoms with E-state index < -0.39 is 0 Å². The molecule has 0 bridgehead atoms. The Morgan fingerprint density at radius 3 is 3.14 bits per heavy atom. The average molecular weight is 214 g/mol. The highest BCUT2D eigenvalue weighted by atomic mass is 32.1. The van der Waals surface area contributed by atoms with Gasteiger partial charge in [0.05, 0.1) is 6.61 Å². The van der Waals surface area contributed by atoms with Crippen molar-refractivity contribution in [2.45, 2.75) is 6.42 Å². The van der Waals surface area contributed by atoms with Crippen molar-refractivity contribution in [3.63, 3.8) is 0 Å². The number of ether oxygens (including phenoxy) is 1. The van der Waals surface area contributed by atoms with Crippen molar-refractivity contribution in [1.29, 1.82) is 0 Å². The Labute approximate surface area is 87.0 Å². The summed E-state index contributed by atoms with van der Waals surface area (Å²) in [6.07, 6.45) is 1.14. The van der Waals surface area contributed by atoms with Crippen LogP contribution in [0.3, 0.4) is 0 Å². The number of aromatic nitrogens is 2. The van der Waals surface area contributed by atoms with Gasteiger partial charge in [-0.05, 0) is 6.42 Å². The van der Waals surface area contributed by atoms with E-state index in [1.807, 2.05) is 7.05 Å². The number of rotatable bonds is 3. The monoisotopic (exact) mass is 214 g/mol. The summed E-state index contributed by atoms with van der Waals surface area (Å²) in [5, 5.41) is 0.884. The lowest BCUT2D eigenvalue weighted by Gasteiger charge is -2.18. The van der Waals surface area contributed by atoms with Gasteiger partial charge in [-0.1, -0.05) is 0 Å². The molecule has 1 saturated heterocycles. The topological polar surface area (TPSA) is 64.3 Å². The molecular formula is C8H14N4OS. The summed E-state index contributed by atoms with van der Waals surface area (Å²) in [7, 11) is 2.01. The van der Waals surface area contributed by atoms with E-state index in [-0.39, 0.29) is 0 Å². The van der Waals surface area contributed by atoms with Crippen LogP contribution in [-0.4, -0.2) is 36.2 Å². The molecule has 2 N–H and O–H groups in total. The van der Waals surface area contributed by atoms with Crippen LogP contribution in [0, 0.1) is 5.92 Å². The Bertz CT molecular complexity index is 297. The van der Waals surface area contributed by atoms with Gasteiger partial charge in [-0.3, -0.25) is 0 Å². The Hall–Kier alpha value is -0.880. The third-order valence-corrected chi connectivity index (χ3v) is 3.16. The second kappa shape index (κ2) is 4.10. The van der Waals surface area contributed by atoms with Gasteiger partial charge in [0.1, 0.15) is 0 Å². The summed E-state index contributed by atoms with van der Waals surface area (Å²) >= 11 is 1.34. The summed E-state index contributed by atoms with van der Waals surface area (Å²) in [5.74, 6) is 0.977. The standard InChI is InChI=1S/C8H14N4OS/c1-12(4-6-2-3-13-5-6)8-10-7(9)11-14-8/h6H,2-5H2,1H3,(H2,9,11). The molecule has 5 nitrogen and oxygen atoms in total. The highest BCUT2D eigenvalue weighted by Crippen LogP contribution is 2.20. The molecule has 14 heavy (non-hydrogen) atoms. The predicted octanol–water partition coefficient (Wildman–Crippen LogP) is 0.593. The SMILES string of the molecule is CN(CC1CCOC1)c1nc(N)ns1. The molecule has 1 aromatic rings. The first-order chi connectivity index (χ1) is 6.75. The first-order valence-corrected chi connectivity index (χ1v) is 5.41. The fraction of sp³-hybridized carbons (Fsp3) is 0.750. The van der Waals surface area contributed by atoms with Gasteiger partial charge in [0.2, 0.25) is 11.1 Å². The smallest absolute Gasteiger partial charge is 0.233 e. The molecule has 1 unspecified atom stereocenters. The van der Waals surface area contributed by atoms with Gasteiger partial charge in [0.25, 0.3) is 0 Å². The summed E-state index contributed by atoms with van der Waals surface area (Å²) < 4.78 is 9.26. The molecule has 6 heteroatoms. The summed E-state index contributed by atoms with van der Waals surface area (Å²) in [5.41, 5.74) is 5.46. The van der Waals surface area contributed by atoms with Crippen LogP contribution in [-0.2, 0) is 4.74 Å². The van der Waals surface area contributed by atoms with Gasteiger partial charge in [0, 0.05) is 37.6 Å². The Morgan fingerprint density at radius 2 is 2.57 bits per heavy atom. The number of nitrogens with zero attached hydrogens (tertiary/aromatic N) is 3. The molecule has 1 atom stereocenters. The fourth-order valence-electron chi connectivity index (χ4n) is 1.57.